The van der Waals surface area contributed by atoms with Crippen molar-refractivity contribution in [3.63, 3.8) is 0 Å². The van der Waals surface area contributed by atoms with Crippen LogP contribution in [0.25, 0.3) is 0 Å². The number of carbonyl (C=O) groups is 2. The maximum Gasteiger partial charge on any atom is 0.408 e. The van der Waals surface area contributed by atoms with Gasteiger partial charge in [-0.1, -0.05) is 19.1 Å². The Balaban J connectivity index is 3.00. The van der Waals surface area contributed by atoms with Crippen LogP contribution in [0.3, 0.4) is 0 Å². The molecule has 0 bridgehead atoms. The van der Waals surface area contributed by atoms with Crippen molar-refractivity contribution in [1.82, 2.24) is 5.32 Å². The van der Waals surface area contributed by atoms with Crippen molar-refractivity contribution in [2.45, 2.75) is 51.7 Å². The number of amides is 1. The molecule has 0 saturated carbocycles. The van der Waals surface area contributed by atoms with Gasteiger partial charge in [0.05, 0.1) is 6.26 Å². The van der Waals surface area contributed by atoms with E-state index in [1.807, 2.05) is 0 Å². The second-order valence-electron chi connectivity index (χ2n) is 7.12. The lowest BCUT2D eigenvalue weighted by Gasteiger charge is -2.31. The Hall–Kier alpha value is -2.29. The van der Waals surface area contributed by atoms with Crippen LogP contribution in [0.5, 0.6) is 0 Å². The van der Waals surface area contributed by atoms with E-state index >= 15 is 0 Å². The summed E-state index contributed by atoms with van der Waals surface area (Å²) >= 11 is 0. The average molecular weight is 386 g/mol. The Kier molecular flexibility index (Phi) is 6.65. The summed E-state index contributed by atoms with van der Waals surface area (Å²) in [5.74, 6) is -1.18. The summed E-state index contributed by atoms with van der Waals surface area (Å²) in [6, 6.07) is 6.29. The number of carboxylic acids is 1. The van der Waals surface area contributed by atoms with E-state index in [4.69, 9.17) is 4.74 Å². The SMILES string of the molecule is CC[C@@](Cc1ccc(NS(C)(=O)=O)cc1)(NC(=O)OC(C)(C)C)C(=O)O. The standard InChI is InChI=1S/C17H26N2O6S/c1-6-17(14(20)21,18-15(22)25-16(2,3)4)11-12-7-9-13(10-8-12)19-26(5,23)24/h7-10,19H,6,11H2,1-5H3,(H,18,22)(H,20,21)/t17-/m0/s1. The number of rotatable bonds is 7. The highest BCUT2D eigenvalue weighted by molar-refractivity contribution is 7.92. The molecule has 1 aromatic carbocycles. The minimum atomic E-state index is -3.39. The third-order valence-corrected chi connectivity index (χ3v) is 4.12. The van der Waals surface area contributed by atoms with Crippen LogP contribution in [0.4, 0.5) is 10.5 Å². The van der Waals surface area contributed by atoms with E-state index in [1.54, 1.807) is 39.8 Å². The van der Waals surface area contributed by atoms with Gasteiger partial charge in [-0.25, -0.2) is 18.0 Å². The van der Waals surface area contributed by atoms with E-state index in [0.717, 1.165) is 6.26 Å². The van der Waals surface area contributed by atoms with Gasteiger partial charge in [0.2, 0.25) is 10.0 Å². The first kappa shape index (κ1) is 21.8. The Morgan fingerprint density at radius 3 is 2.08 bits per heavy atom. The molecule has 0 aliphatic heterocycles. The summed E-state index contributed by atoms with van der Waals surface area (Å²) in [6.07, 6.45) is 0.400. The van der Waals surface area contributed by atoms with Crippen molar-refractivity contribution in [1.29, 1.82) is 0 Å². The summed E-state index contributed by atoms with van der Waals surface area (Å²) in [5.41, 5.74) is -1.28. The zero-order valence-corrected chi connectivity index (χ0v) is 16.4. The molecule has 0 aliphatic carbocycles. The third-order valence-electron chi connectivity index (χ3n) is 3.52. The van der Waals surface area contributed by atoms with Crippen LogP contribution in [-0.4, -0.2) is 43.0 Å². The predicted molar refractivity (Wildman–Crippen MR) is 98.6 cm³/mol. The zero-order valence-electron chi connectivity index (χ0n) is 15.6. The molecule has 0 heterocycles. The van der Waals surface area contributed by atoms with Crippen molar-refractivity contribution < 1.29 is 27.9 Å². The Bertz CT molecular complexity index is 752. The molecule has 1 rings (SSSR count). The summed E-state index contributed by atoms with van der Waals surface area (Å²) in [5, 5.41) is 12.1. The number of hydrogen-bond donors (Lipinski definition) is 3. The quantitative estimate of drug-likeness (QED) is 0.661. The molecule has 0 aliphatic rings. The fourth-order valence-electron chi connectivity index (χ4n) is 2.29. The molecule has 0 unspecified atom stereocenters. The van der Waals surface area contributed by atoms with Gasteiger partial charge in [-0.05, 0) is 44.9 Å². The van der Waals surface area contributed by atoms with Gasteiger partial charge in [-0.2, -0.15) is 0 Å². The van der Waals surface area contributed by atoms with E-state index in [9.17, 15) is 23.1 Å². The van der Waals surface area contributed by atoms with Gasteiger partial charge in [0.15, 0.2) is 0 Å². The van der Waals surface area contributed by atoms with E-state index in [1.165, 1.54) is 12.1 Å². The number of benzene rings is 1. The molecule has 0 spiro atoms. The minimum Gasteiger partial charge on any atom is -0.479 e. The molecule has 8 nitrogen and oxygen atoms in total. The molecule has 0 fully saturated rings. The summed E-state index contributed by atoms with van der Waals surface area (Å²) in [7, 11) is -3.39. The lowest BCUT2D eigenvalue weighted by Crippen LogP contribution is -2.56. The first-order valence-corrected chi connectivity index (χ1v) is 9.97. The summed E-state index contributed by atoms with van der Waals surface area (Å²) in [4.78, 5) is 23.9. The van der Waals surface area contributed by atoms with Gasteiger partial charge >= 0.3 is 12.1 Å². The predicted octanol–water partition coefficient (Wildman–Crippen LogP) is 2.36. The van der Waals surface area contributed by atoms with Crippen molar-refractivity contribution in [3.05, 3.63) is 29.8 Å². The molecule has 1 aromatic rings. The van der Waals surface area contributed by atoms with Crippen molar-refractivity contribution in [2.75, 3.05) is 11.0 Å². The molecule has 146 valence electrons. The molecule has 3 N–H and O–H groups in total. The fraction of sp³-hybridized carbons (Fsp3) is 0.529. The van der Waals surface area contributed by atoms with Crippen LogP contribution < -0.4 is 10.0 Å². The largest absolute Gasteiger partial charge is 0.479 e. The van der Waals surface area contributed by atoms with E-state index in [0.29, 0.717) is 11.3 Å². The van der Waals surface area contributed by atoms with E-state index in [2.05, 4.69) is 10.0 Å². The van der Waals surface area contributed by atoms with Gasteiger partial charge in [-0.15, -0.1) is 0 Å². The molecule has 26 heavy (non-hydrogen) atoms. The Labute approximate surface area is 154 Å². The molecule has 1 atom stereocenters. The topological polar surface area (TPSA) is 122 Å². The van der Waals surface area contributed by atoms with Gasteiger partial charge < -0.3 is 15.2 Å². The second-order valence-corrected chi connectivity index (χ2v) is 8.86. The zero-order chi connectivity index (χ0) is 20.2. The van der Waals surface area contributed by atoms with Gasteiger partial charge in [0.25, 0.3) is 0 Å². The number of hydrogen-bond acceptors (Lipinski definition) is 5. The number of sulfonamides is 1. The van der Waals surface area contributed by atoms with Crippen molar-refractivity contribution >= 4 is 27.8 Å². The summed E-state index contributed by atoms with van der Waals surface area (Å²) < 4.78 is 30.0. The number of anilines is 1. The van der Waals surface area contributed by atoms with Crippen LogP contribution in [-0.2, 0) is 26.0 Å². The monoisotopic (exact) mass is 386 g/mol. The number of nitrogens with one attached hydrogen (secondary N) is 2. The van der Waals surface area contributed by atoms with Crippen LogP contribution in [0.2, 0.25) is 0 Å². The Morgan fingerprint density at radius 1 is 1.15 bits per heavy atom. The lowest BCUT2D eigenvalue weighted by atomic mass is 9.88. The van der Waals surface area contributed by atoms with Crippen LogP contribution >= 0.6 is 0 Å². The molecule has 0 radical (unpaired) electrons. The lowest BCUT2D eigenvalue weighted by molar-refractivity contribution is -0.145. The maximum atomic E-state index is 12.1. The first-order valence-electron chi connectivity index (χ1n) is 8.07. The van der Waals surface area contributed by atoms with E-state index in [-0.39, 0.29) is 12.8 Å². The highest BCUT2D eigenvalue weighted by Crippen LogP contribution is 2.21. The summed E-state index contributed by atoms with van der Waals surface area (Å²) in [6.45, 7) is 6.72. The molecule has 1 amide bonds. The number of carboxylic acid groups (broad SMARTS) is 1. The van der Waals surface area contributed by atoms with Gasteiger partial charge in [0, 0.05) is 12.1 Å². The second kappa shape index (κ2) is 7.94. The smallest absolute Gasteiger partial charge is 0.408 e. The number of carbonyl (C=O) groups excluding carboxylic acids is 1. The average Bonchev–Trinajstić information content (AvgIpc) is 2.44. The van der Waals surface area contributed by atoms with Crippen LogP contribution in [0.15, 0.2) is 24.3 Å². The number of aliphatic carboxylic acids is 1. The van der Waals surface area contributed by atoms with Gasteiger partial charge in [0.1, 0.15) is 11.1 Å². The molecule has 0 saturated heterocycles. The van der Waals surface area contributed by atoms with E-state index < -0.39 is 33.2 Å². The van der Waals surface area contributed by atoms with Crippen LogP contribution in [0.1, 0.15) is 39.7 Å². The molecular formula is C17H26N2O6S. The highest BCUT2D eigenvalue weighted by atomic mass is 32.2. The van der Waals surface area contributed by atoms with Crippen molar-refractivity contribution in [2.24, 2.45) is 0 Å². The fourth-order valence-corrected chi connectivity index (χ4v) is 2.85. The number of ether oxygens (including phenoxy) is 1. The van der Waals surface area contributed by atoms with Crippen LogP contribution in [0, 0.1) is 0 Å². The van der Waals surface area contributed by atoms with Crippen molar-refractivity contribution in [3.8, 4) is 0 Å². The van der Waals surface area contributed by atoms with Gasteiger partial charge in [-0.3, -0.25) is 4.72 Å². The molecular weight excluding hydrogens is 360 g/mol. The highest BCUT2D eigenvalue weighted by Gasteiger charge is 2.39. The first-order chi connectivity index (χ1) is 11.8. The Morgan fingerprint density at radius 2 is 1.69 bits per heavy atom. The minimum absolute atomic E-state index is 0.0250. The molecule has 9 heteroatoms. The molecule has 0 aromatic heterocycles. The number of alkyl carbamates (subject to hydrolysis) is 1. The third kappa shape index (κ3) is 6.91. The maximum absolute atomic E-state index is 12.1. The normalized spacial score (nSPS) is 14.2.